The molecule has 1 aromatic rings. The minimum Gasteiger partial charge on any atom is -0.406 e. The Morgan fingerprint density at radius 1 is 1.33 bits per heavy atom. The number of alkyl halides is 5. The van der Waals surface area contributed by atoms with Crippen molar-refractivity contribution in [2.45, 2.75) is 17.2 Å². The molecule has 0 aromatic heterocycles. The Balaban J connectivity index is 2.18. The van der Waals surface area contributed by atoms with Crippen LogP contribution in [0, 0.1) is 5.92 Å². The fourth-order valence-corrected chi connectivity index (χ4v) is 3.01. The van der Waals surface area contributed by atoms with Gasteiger partial charge in [-0.25, -0.2) is 0 Å². The Labute approximate surface area is 128 Å². The summed E-state index contributed by atoms with van der Waals surface area (Å²) in [6, 6.07) is 5.04. The molecule has 1 amide bonds. The van der Waals surface area contributed by atoms with Crippen LogP contribution in [0.2, 0.25) is 0 Å². The lowest BCUT2D eigenvalue weighted by Crippen LogP contribution is -2.42. The Morgan fingerprint density at radius 3 is 2.33 bits per heavy atom. The summed E-state index contributed by atoms with van der Waals surface area (Å²) in [7, 11) is 0. The maximum atomic E-state index is 12.1. The molecule has 0 saturated carbocycles. The van der Waals surface area contributed by atoms with Crippen molar-refractivity contribution in [1.29, 1.82) is 0 Å². The molecule has 0 bridgehead atoms. The summed E-state index contributed by atoms with van der Waals surface area (Å²) >= 11 is 12.3. The van der Waals surface area contributed by atoms with Crippen molar-refractivity contribution in [2.24, 2.45) is 11.7 Å². The van der Waals surface area contributed by atoms with Gasteiger partial charge >= 0.3 is 6.36 Å². The summed E-state index contributed by atoms with van der Waals surface area (Å²) < 4.78 is 38.5. The average Bonchev–Trinajstić information content (AvgIpc) is 2.63. The van der Waals surface area contributed by atoms with Crippen LogP contribution in [-0.2, 0) is 4.79 Å². The van der Waals surface area contributed by atoms with Crippen molar-refractivity contribution in [1.82, 2.24) is 0 Å². The van der Waals surface area contributed by atoms with E-state index in [0.717, 1.165) is 12.1 Å². The number of benzene rings is 1. The number of carbonyl (C=O) groups is 1. The second-order valence-electron chi connectivity index (χ2n) is 4.52. The van der Waals surface area contributed by atoms with E-state index < -0.39 is 22.6 Å². The first-order valence-electron chi connectivity index (χ1n) is 5.92. The van der Waals surface area contributed by atoms with Gasteiger partial charge in [0.1, 0.15) is 5.75 Å². The van der Waals surface area contributed by atoms with E-state index in [2.05, 4.69) is 4.74 Å². The molecule has 1 fully saturated rings. The maximum Gasteiger partial charge on any atom is 0.573 e. The molecular weight excluding hydrogens is 332 g/mol. The van der Waals surface area contributed by atoms with Crippen LogP contribution in [-0.4, -0.2) is 23.3 Å². The molecule has 9 heteroatoms. The smallest absolute Gasteiger partial charge is 0.406 e. The minimum atomic E-state index is -4.76. The third-order valence-electron chi connectivity index (χ3n) is 3.15. The normalized spacial score (nSPS) is 21.4. The van der Waals surface area contributed by atoms with Gasteiger partial charge in [0.25, 0.3) is 0 Å². The summed E-state index contributed by atoms with van der Waals surface area (Å²) in [6.45, 7) is 0.361. The topological polar surface area (TPSA) is 55.6 Å². The molecule has 2 rings (SSSR count). The summed E-state index contributed by atoms with van der Waals surface area (Å²) in [5, 5.41) is 0. The van der Waals surface area contributed by atoms with Gasteiger partial charge in [-0.1, -0.05) is 23.2 Å². The first kappa shape index (κ1) is 16.0. The largest absolute Gasteiger partial charge is 0.573 e. The van der Waals surface area contributed by atoms with Crippen molar-refractivity contribution in [3.05, 3.63) is 24.3 Å². The van der Waals surface area contributed by atoms with Crippen LogP contribution in [0.1, 0.15) is 6.42 Å². The zero-order valence-electron chi connectivity index (χ0n) is 10.5. The predicted molar refractivity (Wildman–Crippen MR) is 72.2 cm³/mol. The number of anilines is 1. The first-order valence-corrected chi connectivity index (χ1v) is 6.67. The number of amides is 1. The molecule has 1 saturated heterocycles. The van der Waals surface area contributed by atoms with Gasteiger partial charge in [-0.05, 0) is 30.7 Å². The van der Waals surface area contributed by atoms with E-state index in [-0.39, 0.29) is 5.75 Å². The van der Waals surface area contributed by atoms with Crippen LogP contribution >= 0.6 is 23.2 Å². The number of primary amides is 1. The predicted octanol–water partition coefficient (Wildman–Crippen LogP) is 3.03. The van der Waals surface area contributed by atoms with Crippen LogP contribution in [0.5, 0.6) is 5.75 Å². The van der Waals surface area contributed by atoms with E-state index in [1.54, 1.807) is 0 Å². The van der Waals surface area contributed by atoms with Crippen LogP contribution < -0.4 is 15.4 Å². The molecule has 1 unspecified atom stereocenters. The Hall–Kier alpha value is -1.34. The van der Waals surface area contributed by atoms with E-state index in [1.165, 1.54) is 17.0 Å². The number of hydrogen-bond donors (Lipinski definition) is 1. The van der Waals surface area contributed by atoms with E-state index in [9.17, 15) is 18.0 Å². The van der Waals surface area contributed by atoms with Crippen molar-refractivity contribution in [3.8, 4) is 5.75 Å². The molecule has 4 nitrogen and oxygen atoms in total. The summed E-state index contributed by atoms with van der Waals surface area (Å²) in [4.78, 5) is 12.8. The average molecular weight is 343 g/mol. The lowest BCUT2D eigenvalue weighted by atomic mass is 10.1. The molecule has 0 aliphatic carbocycles. The highest BCUT2D eigenvalue weighted by Gasteiger charge is 2.49. The third-order valence-corrected chi connectivity index (χ3v) is 4.08. The lowest BCUT2D eigenvalue weighted by Gasteiger charge is -2.31. The van der Waals surface area contributed by atoms with Crippen LogP contribution in [0.15, 0.2) is 24.3 Å². The molecule has 21 heavy (non-hydrogen) atoms. The standard InChI is InChI=1S/C12H11Cl2F3N2O2/c13-11(14)9(10(18)20)5-6-19(11)7-1-3-8(4-2-7)21-12(15,16)17/h1-4,9H,5-6H2,(H2,18,20). The SMILES string of the molecule is NC(=O)C1CCN(c2ccc(OC(F)(F)F)cc2)C1(Cl)Cl. The molecule has 1 aliphatic heterocycles. The zero-order chi connectivity index (χ0) is 15.8. The van der Waals surface area contributed by atoms with E-state index in [1.807, 2.05) is 0 Å². The van der Waals surface area contributed by atoms with Gasteiger partial charge in [0.05, 0.1) is 5.92 Å². The van der Waals surface area contributed by atoms with E-state index in [4.69, 9.17) is 28.9 Å². The molecule has 1 heterocycles. The van der Waals surface area contributed by atoms with Crippen molar-refractivity contribution in [3.63, 3.8) is 0 Å². The van der Waals surface area contributed by atoms with Gasteiger partial charge in [0.15, 0.2) is 0 Å². The van der Waals surface area contributed by atoms with Crippen molar-refractivity contribution in [2.75, 3.05) is 11.4 Å². The number of ether oxygens (including phenoxy) is 1. The highest BCUT2D eigenvalue weighted by Crippen LogP contribution is 2.45. The Morgan fingerprint density at radius 2 is 1.90 bits per heavy atom. The molecule has 1 aliphatic rings. The molecule has 0 radical (unpaired) electrons. The lowest BCUT2D eigenvalue weighted by molar-refractivity contribution is -0.274. The van der Waals surface area contributed by atoms with Gasteiger partial charge in [-0.15, -0.1) is 13.2 Å². The molecule has 2 N–H and O–H groups in total. The summed E-state index contributed by atoms with van der Waals surface area (Å²) in [6.07, 6.45) is -4.39. The Bertz CT molecular complexity index is 534. The van der Waals surface area contributed by atoms with Crippen LogP contribution in [0.3, 0.4) is 0 Å². The van der Waals surface area contributed by atoms with Gasteiger partial charge in [0.2, 0.25) is 10.4 Å². The summed E-state index contributed by atoms with van der Waals surface area (Å²) in [5.41, 5.74) is 5.70. The number of nitrogens with two attached hydrogens (primary N) is 1. The van der Waals surface area contributed by atoms with E-state index in [0.29, 0.717) is 18.7 Å². The highest BCUT2D eigenvalue weighted by molar-refractivity contribution is 6.51. The quantitative estimate of drug-likeness (QED) is 0.678. The molecule has 1 aromatic carbocycles. The van der Waals surface area contributed by atoms with Crippen molar-refractivity contribution >= 4 is 34.8 Å². The highest BCUT2D eigenvalue weighted by atomic mass is 35.5. The number of nitrogens with zero attached hydrogens (tertiary/aromatic N) is 1. The first-order chi connectivity index (χ1) is 9.61. The molecule has 116 valence electrons. The number of halogens is 5. The van der Waals surface area contributed by atoms with E-state index >= 15 is 0 Å². The number of rotatable bonds is 3. The third kappa shape index (κ3) is 3.47. The summed E-state index contributed by atoms with van der Waals surface area (Å²) in [5.74, 6) is -1.74. The second kappa shape index (κ2) is 5.46. The maximum absolute atomic E-state index is 12.1. The second-order valence-corrected chi connectivity index (χ2v) is 5.87. The van der Waals surface area contributed by atoms with Crippen molar-refractivity contribution < 1.29 is 22.7 Å². The molecule has 1 atom stereocenters. The van der Waals surface area contributed by atoms with Gasteiger partial charge in [0, 0.05) is 12.2 Å². The fraction of sp³-hybridized carbons (Fsp3) is 0.417. The minimum absolute atomic E-state index is 0.355. The monoisotopic (exact) mass is 342 g/mol. The fourth-order valence-electron chi connectivity index (χ4n) is 2.21. The zero-order valence-corrected chi connectivity index (χ0v) is 12.0. The molecule has 0 spiro atoms. The Kier molecular flexibility index (Phi) is 4.17. The van der Waals surface area contributed by atoms with Gasteiger partial charge in [-0.2, -0.15) is 0 Å². The number of carbonyl (C=O) groups excluding carboxylic acids is 1. The van der Waals surface area contributed by atoms with Gasteiger partial charge in [-0.3, -0.25) is 4.79 Å². The molecular formula is C12H11Cl2F3N2O2. The van der Waals surface area contributed by atoms with Crippen LogP contribution in [0.25, 0.3) is 0 Å². The van der Waals surface area contributed by atoms with Gasteiger partial charge < -0.3 is 15.4 Å². The van der Waals surface area contributed by atoms with Crippen LogP contribution in [0.4, 0.5) is 18.9 Å². The number of hydrogen-bond acceptors (Lipinski definition) is 3.